The van der Waals surface area contributed by atoms with Crippen LogP contribution in [0.1, 0.15) is 5.56 Å². The van der Waals surface area contributed by atoms with Crippen LogP contribution in [0.15, 0.2) is 24.3 Å². The zero-order valence-electron chi connectivity index (χ0n) is 10.3. The lowest BCUT2D eigenvalue weighted by molar-refractivity contribution is 0.322. The van der Waals surface area contributed by atoms with Crippen LogP contribution in [0.5, 0.6) is 5.75 Å². The first-order valence-electron chi connectivity index (χ1n) is 5.72. The molecule has 0 aliphatic heterocycles. The molecule has 1 aromatic carbocycles. The van der Waals surface area contributed by atoms with Crippen molar-refractivity contribution in [1.29, 1.82) is 0 Å². The van der Waals surface area contributed by atoms with Crippen LogP contribution in [0, 0.1) is 0 Å². The molecular weight excluding hydrogens is 244 g/mol. The highest BCUT2D eigenvalue weighted by Crippen LogP contribution is 2.18. The van der Waals surface area contributed by atoms with Gasteiger partial charge in [0.2, 0.25) is 5.95 Å². The molecule has 0 atom stereocenters. The molecule has 0 radical (unpaired) electrons. The Bertz CT molecular complexity index is 546. The standard InChI is InChI=1S/C12H16N6O/c13-7-1-3-8(4-2-7)19-6-5-9-10(14)17-12(16)18-11(9)15/h1-4H,5-6,13H2,(H6,14,15,16,17,18). The lowest BCUT2D eigenvalue weighted by Gasteiger charge is -2.10. The number of hydrogen-bond donors (Lipinski definition) is 4. The van der Waals surface area contributed by atoms with E-state index in [2.05, 4.69) is 9.97 Å². The van der Waals surface area contributed by atoms with Gasteiger partial charge in [0.25, 0.3) is 0 Å². The van der Waals surface area contributed by atoms with Gasteiger partial charge in [-0.05, 0) is 24.3 Å². The summed E-state index contributed by atoms with van der Waals surface area (Å²) in [6.45, 7) is 0.408. The summed E-state index contributed by atoms with van der Waals surface area (Å²) in [5, 5.41) is 0. The average molecular weight is 260 g/mol. The van der Waals surface area contributed by atoms with Crippen molar-refractivity contribution in [2.75, 3.05) is 29.5 Å². The van der Waals surface area contributed by atoms with E-state index in [4.69, 9.17) is 27.7 Å². The summed E-state index contributed by atoms with van der Waals surface area (Å²) >= 11 is 0. The summed E-state index contributed by atoms with van der Waals surface area (Å²) in [6, 6.07) is 7.12. The Morgan fingerprint density at radius 2 is 1.47 bits per heavy atom. The number of aromatic nitrogens is 2. The number of rotatable bonds is 4. The smallest absolute Gasteiger partial charge is 0.223 e. The van der Waals surface area contributed by atoms with Gasteiger partial charge >= 0.3 is 0 Å². The number of ether oxygens (including phenoxy) is 1. The van der Waals surface area contributed by atoms with E-state index in [0.29, 0.717) is 24.3 Å². The van der Waals surface area contributed by atoms with Crippen molar-refractivity contribution in [3.05, 3.63) is 29.8 Å². The molecule has 0 saturated heterocycles. The Hall–Kier alpha value is -2.70. The molecule has 100 valence electrons. The highest BCUT2D eigenvalue weighted by Gasteiger charge is 2.08. The summed E-state index contributed by atoms with van der Waals surface area (Å²) in [5.74, 6) is 1.36. The molecule has 0 amide bonds. The molecule has 0 bridgehead atoms. The van der Waals surface area contributed by atoms with Crippen LogP contribution in [0.25, 0.3) is 0 Å². The van der Waals surface area contributed by atoms with Crippen LogP contribution >= 0.6 is 0 Å². The van der Waals surface area contributed by atoms with Crippen LogP contribution in [-0.4, -0.2) is 16.6 Å². The molecule has 0 unspecified atom stereocenters. The number of anilines is 4. The first-order chi connectivity index (χ1) is 9.06. The van der Waals surface area contributed by atoms with Gasteiger partial charge in [-0.15, -0.1) is 0 Å². The summed E-state index contributed by atoms with van der Waals surface area (Å²) in [4.78, 5) is 7.73. The molecule has 1 aromatic heterocycles. The third-order valence-corrected chi connectivity index (χ3v) is 2.59. The van der Waals surface area contributed by atoms with Gasteiger partial charge in [0.05, 0.1) is 6.61 Å². The van der Waals surface area contributed by atoms with Crippen molar-refractivity contribution in [1.82, 2.24) is 9.97 Å². The molecular formula is C12H16N6O. The minimum atomic E-state index is 0.0678. The van der Waals surface area contributed by atoms with Gasteiger partial charge < -0.3 is 27.7 Å². The fraction of sp³-hybridized carbons (Fsp3) is 0.167. The van der Waals surface area contributed by atoms with E-state index in [1.165, 1.54) is 0 Å². The maximum atomic E-state index is 5.74. The average Bonchev–Trinajstić information content (AvgIpc) is 2.34. The maximum Gasteiger partial charge on any atom is 0.223 e. The van der Waals surface area contributed by atoms with E-state index < -0.39 is 0 Å². The van der Waals surface area contributed by atoms with E-state index in [1.54, 1.807) is 24.3 Å². The molecule has 19 heavy (non-hydrogen) atoms. The van der Waals surface area contributed by atoms with Gasteiger partial charge in [0.15, 0.2) is 0 Å². The number of hydrogen-bond acceptors (Lipinski definition) is 7. The third kappa shape index (κ3) is 3.15. The van der Waals surface area contributed by atoms with E-state index in [0.717, 1.165) is 5.75 Å². The molecule has 2 aromatic rings. The van der Waals surface area contributed by atoms with Gasteiger partial charge in [-0.2, -0.15) is 9.97 Å². The van der Waals surface area contributed by atoms with E-state index in [1.807, 2.05) is 0 Å². The van der Waals surface area contributed by atoms with Crippen LogP contribution in [-0.2, 0) is 6.42 Å². The number of benzene rings is 1. The zero-order chi connectivity index (χ0) is 13.8. The van der Waals surface area contributed by atoms with E-state index in [-0.39, 0.29) is 17.6 Å². The van der Waals surface area contributed by atoms with Crippen LogP contribution in [0.2, 0.25) is 0 Å². The Morgan fingerprint density at radius 3 is 2.05 bits per heavy atom. The SMILES string of the molecule is Nc1ccc(OCCc2c(N)nc(N)nc2N)cc1. The largest absolute Gasteiger partial charge is 0.493 e. The highest BCUT2D eigenvalue weighted by atomic mass is 16.5. The summed E-state index contributed by atoms with van der Waals surface area (Å²) < 4.78 is 5.55. The van der Waals surface area contributed by atoms with Crippen molar-refractivity contribution in [3.8, 4) is 5.75 Å². The molecule has 0 aliphatic rings. The van der Waals surface area contributed by atoms with Crippen molar-refractivity contribution < 1.29 is 4.74 Å². The lowest BCUT2D eigenvalue weighted by atomic mass is 10.2. The third-order valence-electron chi connectivity index (χ3n) is 2.59. The van der Waals surface area contributed by atoms with Crippen LogP contribution in [0.4, 0.5) is 23.3 Å². The molecule has 7 nitrogen and oxygen atoms in total. The fourth-order valence-electron chi connectivity index (χ4n) is 1.63. The second-order valence-electron chi connectivity index (χ2n) is 4.00. The normalized spacial score (nSPS) is 10.3. The molecule has 0 aliphatic carbocycles. The van der Waals surface area contributed by atoms with Gasteiger partial charge in [-0.25, -0.2) is 0 Å². The van der Waals surface area contributed by atoms with Crippen molar-refractivity contribution in [2.45, 2.75) is 6.42 Å². The van der Waals surface area contributed by atoms with Crippen LogP contribution in [0.3, 0.4) is 0 Å². The number of nitrogens with zero attached hydrogens (tertiary/aromatic N) is 2. The quantitative estimate of drug-likeness (QED) is 0.584. The second kappa shape index (κ2) is 5.30. The molecule has 7 heteroatoms. The van der Waals surface area contributed by atoms with E-state index >= 15 is 0 Å². The van der Waals surface area contributed by atoms with Crippen molar-refractivity contribution >= 4 is 23.3 Å². The van der Waals surface area contributed by atoms with Gasteiger partial charge in [-0.1, -0.05) is 0 Å². The summed E-state index contributed by atoms with van der Waals surface area (Å²) in [5.41, 5.74) is 23.8. The van der Waals surface area contributed by atoms with Gasteiger partial charge in [0.1, 0.15) is 17.4 Å². The number of nitrogens with two attached hydrogens (primary N) is 4. The van der Waals surface area contributed by atoms with Crippen LogP contribution < -0.4 is 27.7 Å². The minimum Gasteiger partial charge on any atom is -0.493 e. The van der Waals surface area contributed by atoms with Crippen molar-refractivity contribution in [3.63, 3.8) is 0 Å². The monoisotopic (exact) mass is 260 g/mol. The molecule has 2 rings (SSSR count). The highest BCUT2D eigenvalue weighted by molar-refractivity contribution is 5.55. The molecule has 0 saturated carbocycles. The number of nitrogen functional groups attached to an aromatic ring is 4. The Labute approximate surface area is 110 Å². The molecule has 0 fully saturated rings. The maximum absolute atomic E-state index is 5.74. The lowest BCUT2D eigenvalue weighted by Crippen LogP contribution is -2.11. The predicted molar refractivity (Wildman–Crippen MR) is 75.3 cm³/mol. The Kier molecular flexibility index (Phi) is 3.56. The van der Waals surface area contributed by atoms with Crippen molar-refractivity contribution in [2.24, 2.45) is 0 Å². The molecule has 0 spiro atoms. The van der Waals surface area contributed by atoms with Gasteiger partial charge in [-0.3, -0.25) is 0 Å². The zero-order valence-corrected chi connectivity index (χ0v) is 10.3. The molecule has 1 heterocycles. The predicted octanol–water partition coefficient (Wildman–Crippen LogP) is 0.427. The Balaban J connectivity index is 1.98. The topological polar surface area (TPSA) is 139 Å². The minimum absolute atomic E-state index is 0.0678. The summed E-state index contributed by atoms with van der Waals surface area (Å²) in [7, 11) is 0. The molecule has 8 N–H and O–H groups in total. The first-order valence-corrected chi connectivity index (χ1v) is 5.72. The second-order valence-corrected chi connectivity index (χ2v) is 4.00. The fourth-order valence-corrected chi connectivity index (χ4v) is 1.63. The summed E-state index contributed by atoms with van der Waals surface area (Å²) in [6.07, 6.45) is 0.502. The Morgan fingerprint density at radius 1 is 0.895 bits per heavy atom. The first kappa shape index (κ1) is 12.7. The van der Waals surface area contributed by atoms with E-state index in [9.17, 15) is 0 Å². The van der Waals surface area contributed by atoms with Gasteiger partial charge in [0, 0.05) is 17.7 Å².